The highest BCUT2D eigenvalue weighted by Crippen LogP contribution is 2.33. The minimum Gasteiger partial charge on any atom is -0.339 e. The Morgan fingerprint density at radius 3 is 2.44 bits per heavy atom. The number of aromatic nitrogens is 3. The molecule has 9 heteroatoms. The van der Waals surface area contributed by atoms with Gasteiger partial charge in [-0.15, -0.1) is 11.3 Å². The SMILES string of the molecule is Cc1nc(-c2ccccc2)sc1CN[C@H]1CN(S(=O)(=O)c2cn(C)cn2)C[C@@H]1c1ccccc1. The normalized spacial score (nSPS) is 19.0. The van der Waals surface area contributed by atoms with Crippen molar-refractivity contribution in [1.29, 1.82) is 0 Å². The van der Waals surface area contributed by atoms with Gasteiger partial charge in [0.2, 0.25) is 0 Å². The summed E-state index contributed by atoms with van der Waals surface area (Å²) >= 11 is 1.68. The van der Waals surface area contributed by atoms with Crippen LogP contribution >= 0.6 is 11.3 Å². The summed E-state index contributed by atoms with van der Waals surface area (Å²) in [5, 5.41) is 4.74. The number of sulfonamides is 1. The molecule has 4 aromatic rings. The number of rotatable bonds is 7. The van der Waals surface area contributed by atoms with Gasteiger partial charge in [-0.1, -0.05) is 60.7 Å². The number of imidazole rings is 1. The fourth-order valence-electron chi connectivity index (χ4n) is 4.38. The quantitative estimate of drug-likeness (QED) is 0.424. The predicted octanol–water partition coefficient (Wildman–Crippen LogP) is 3.80. The highest BCUT2D eigenvalue weighted by molar-refractivity contribution is 7.89. The lowest BCUT2D eigenvalue weighted by atomic mass is 9.94. The molecular formula is C25H27N5O2S2. The van der Waals surface area contributed by atoms with E-state index in [1.54, 1.807) is 33.5 Å². The molecule has 1 saturated heterocycles. The first-order valence-electron chi connectivity index (χ1n) is 11.2. The number of nitrogens with one attached hydrogen (secondary N) is 1. The van der Waals surface area contributed by atoms with E-state index < -0.39 is 10.0 Å². The van der Waals surface area contributed by atoms with Crippen molar-refractivity contribution in [3.05, 3.63) is 89.3 Å². The zero-order valence-electron chi connectivity index (χ0n) is 19.1. The highest BCUT2D eigenvalue weighted by Gasteiger charge is 2.40. The van der Waals surface area contributed by atoms with Crippen LogP contribution in [0.25, 0.3) is 10.6 Å². The average Bonchev–Trinajstić information content (AvgIpc) is 3.58. The van der Waals surface area contributed by atoms with Crippen molar-refractivity contribution in [2.75, 3.05) is 13.1 Å². The summed E-state index contributed by atoms with van der Waals surface area (Å²) in [5.74, 6) is 0.0431. The highest BCUT2D eigenvalue weighted by atomic mass is 32.2. The Bertz CT molecular complexity index is 1370. The first-order chi connectivity index (χ1) is 16.4. The van der Waals surface area contributed by atoms with Crippen LogP contribution in [0.2, 0.25) is 0 Å². The molecule has 2 aromatic carbocycles. The van der Waals surface area contributed by atoms with Crippen molar-refractivity contribution in [3.8, 4) is 10.6 Å². The van der Waals surface area contributed by atoms with Crippen LogP contribution in [0.4, 0.5) is 0 Å². The lowest BCUT2D eigenvalue weighted by molar-refractivity contribution is 0.454. The Kier molecular flexibility index (Phi) is 6.35. The first-order valence-corrected chi connectivity index (χ1v) is 13.5. The molecule has 1 N–H and O–H groups in total. The molecule has 7 nitrogen and oxygen atoms in total. The molecule has 0 aliphatic carbocycles. The molecule has 5 rings (SSSR count). The molecule has 1 fully saturated rings. The van der Waals surface area contributed by atoms with Gasteiger partial charge in [-0.25, -0.2) is 18.4 Å². The molecular weight excluding hydrogens is 466 g/mol. The molecule has 2 aromatic heterocycles. The predicted molar refractivity (Wildman–Crippen MR) is 134 cm³/mol. The van der Waals surface area contributed by atoms with Gasteiger partial charge >= 0.3 is 0 Å². The van der Waals surface area contributed by atoms with E-state index in [0.717, 1.165) is 26.7 Å². The zero-order valence-corrected chi connectivity index (χ0v) is 20.8. The van der Waals surface area contributed by atoms with Crippen LogP contribution in [0, 0.1) is 6.92 Å². The van der Waals surface area contributed by atoms with Crippen LogP contribution in [0.3, 0.4) is 0 Å². The topological polar surface area (TPSA) is 80.1 Å². The molecule has 1 aliphatic heterocycles. The summed E-state index contributed by atoms with van der Waals surface area (Å²) in [4.78, 5) is 10.0. The number of nitrogens with zero attached hydrogens (tertiary/aromatic N) is 4. The first kappa shape index (κ1) is 22.9. The summed E-state index contributed by atoms with van der Waals surface area (Å²) in [7, 11) is -1.89. The smallest absolute Gasteiger partial charge is 0.262 e. The molecule has 0 bridgehead atoms. The van der Waals surface area contributed by atoms with Crippen molar-refractivity contribution < 1.29 is 8.42 Å². The number of benzene rings is 2. The number of hydrogen-bond donors (Lipinski definition) is 1. The third-order valence-corrected chi connectivity index (χ3v) is 9.16. The lowest BCUT2D eigenvalue weighted by Gasteiger charge is -2.20. The van der Waals surface area contributed by atoms with Gasteiger partial charge in [-0.3, -0.25) is 0 Å². The molecule has 0 amide bonds. The maximum atomic E-state index is 13.3. The van der Waals surface area contributed by atoms with Gasteiger partial charge in [0, 0.05) is 55.3 Å². The molecule has 2 atom stereocenters. The molecule has 0 unspecified atom stereocenters. The summed E-state index contributed by atoms with van der Waals surface area (Å²) in [6.45, 7) is 3.47. The second-order valence-corrected chi connectivity index (χ2v) is 11.6. The Labute approximate surface area is 204 Å². The van der Waals surface area contributed by atoms with Crippen LogP contribution < -0.4 is 5.32 Å². The summed E-state index contributed by atoms with van der Waals surface area (Å²) < 4.78 is 29.8. The Morgan fingerprint density at radius 1 is 1.06 bits per heavy atom. The van der Waals surface area contributed by atoms with Crippen molar-refractivity contribution in [1.82, 2.24) is 24.2 Å². The summed E-state index contributed by atoms with van der Waals surface area (Å²) in [5.41, 5.74) is 3.24. The standard InChI is InChI=1S/C25H27N5O2S2/c1-18-23(33-25(28-18)20-11-7-4-8-12-20)13-26-22-15-30(14-21(22)19-9-5-3-6-10-19)34(31,32)24-16-29(2)17-27-24/h3-12,16-17,21-22,26H,13-15H2,1-2H3/t21-,22+/m1/s1. The monoisotopic (exact) mass is 493 g/mol. The van der Waals surface area contributed by atoms with Gasteiger partial charge in [0.05, 0.1) is 12.0 Å². The summed E-state index contributed by atoms with van der Waals surface area (Å²) in [6, 6.07) is 20.3. The van der Waals surface area contributed by atoms with Gasteiger partial charge in [0.15, 0.2) is 5.03 Å². The number of hydrogen-bond acceptors (Lipinski definition) is 6. The van der Waals surface area contributed by atoms with Gasteiger partial charge < -0.3 is 9.88 Å². The van der Waals surface area contributed by atoms with Crippen molar-refractivity contribution >= 4 is 21.4 Å². The lowest BCUT2D eigenvalue weighted by Crippen LogP contribution is -2.36. The average molecular weight is 494 g/mol. The fourth-order valence-corrected chi connectivity index (χ4v) is 6.86. The van der Waals surface area contributed by atoms with Crippen LogP contribution in [0.5, 0.6) is 0 Å². The van der Waals surface area contributed by atoms with Crippen LogP contribution in [-0.2, 0) is 23.6 Å². The van der Waals surface area contributed by atoms with E-state index in [0.29, 0.717) is 19.6 Å². The van der Waals surface area contributed by atoms with Gasteiger partial charge in [-0.05, 0) is 12.5 Å². The van der Waals surface area contributed by atoms with Gasteiger partial charge in [0.25, 0.3) is 10.0 Å². The van der Waals surface area contributed by atoms with Crippen LogP contribution in [-0.4, -0.2) is 46.4 Å². The number of thiazole rings is 1. The van der Waals surface area contributed by atoms with Crippen LogP contribution in [0.15, 0.2) is 78.2 Å². The molecule has 34 heavy (non-hydrogen) atoms. The van der Waals surface area contributed by atoms with Crippen LogP contribution in [0.1, 0.15) is 22.1 Å². The minimum absolute atomic E-state index is 0.0254. The molecule has 1 aliphatic rings. The Hall–Kier alpha value is -2.85. The second-order valence-electron chi connectivity index (χ2n) is 8.60. The molecule has 0 saturated carbocycles. The Balaban J connectivity index is 1.37. The van der Waals surface area contributed by atoms with E-state index in [1.165, 1.54) is 6.33 Å². The third-order valence-electron chi connectivity index (χ3n) is 6.24. The molecule has 0 spiro atoms. The minimum atomic E-state index is -3.66. The van der Waals surface area contributed by atoms with Crippen molar-refractivity contribution in [2.45, 2.75) is 30.5 Å². The fraction of sp³-hybridized carbons (Fsp3) is 0.280. The number of aryl methyl sites for hydroxylation is 2. The molecule has 0 radical (unpaired) electrons. The zero-order chi connectivity index (χ0) is 23.7. The maximum absolute atomic E-state index is 13.3. The maximum Gasteiger partial charge on any atom is 0.262 e. The van der Waals surface area contributed by atoms with Crippen molar-refractivity contribution in [2.24, 2.45) is 7.05 Å². The van der Waals surface area contributed by atoms with E-state index in [2.05, 4.69) is 34.6 Å². The van der Waals surface area contributed by atoms with E-state index in [1.807, 2.05) is 43.3 Å². The van der Waals surface area contributed by atoms with E-state index in [4.69, 9.17) is 4.98 Å². The Morgan fingerprint density at radius 2 is 1.76 bits per heavy atom. The largest absolute Gasteiger partial charge is 0.339 e. The molecule has 3 heterocycles. The van der Waals surface area contributed by atoms with E-state index >= 15 is 0 Å². The second kappa shape index (κ2) is 9.42. The van der Waals surface area contributed by atoms with Gasteiger partial charge in [0.1, 0.15) is 5.01 Å². The van der Waals surface area contributed by atoms with E-state index in [9.17, 15) is 8.42 Å². The van der Waals surface area contributed by atoms with Crippen molar-refractivity contribution in [3.63, 3.8) is 0 Å². The van der Waals surface area contributed by atoms with E-state index in [-0.39, 0.29) is 17.0 Å². The van der Waals surface area contributed by atoms with Gasteiger partial charge in [-0.2, -0.15) is 4.31 Å². The summed E-state index contributed by atoms with van der Waals surface area (Å²) in [6.07, 6.45) is 3.07. The third kappa shape index (κ3) is 4.56. The molecule has 176 valence electrons.